The number of unbranched alkanes of at least 4 members (excludes halogenated alkanes) is 4. The van der Waals surface area contributed by atoms with Crippen molar-refractivity contribution in [1.29, 1.82) is 0 Å². The zero-order valence-corrected chi connectivity index (χ0v) is 28.4. The fraction of sp³-hybridized carbons (Fsp3) is 0.238. The average Bonchev–Trinajstić information content (AvgIpc) is 3.13. The van der Waals surface area contributed by atoms with Crippen molar-refractivity contribution in [2.75, 3.05) is 11.9 Å². The van der Waals surface area contributed by atoms with Crippen LogP contribution in [0.1, 0.15) is 82.6 Å². The summed E-state index contributed by atoms with van der Waals surface area (Å²) in [5.74, 6) is -0.270. The summed E-state index contributed by atoms with van der Waals surface area (Å²) in [6.07, 6.45) is 6.07. The highest BCUT2D eigenvalue weighted by Gasteiger charge is 2.19. The highest BCUT2D eigenvalue weighted by Crippen LogP contribution is 2.21. The minimum atomic E-state index is -0.765. The first-order valence-electron chi connectivity index (χ1n) is 17.0. The lowest BCUT2D eigenvalue weighted by Gasteiger charge is -2.17. The van der Waals surface area contributed by atoms with Gasteiger partial charge in [-0.05, 0) is 103 Å². The minimum absolute atomic E-state index is 0.197. The van der Waals surface area contributed by atoms with Gasteiger partial charge in [0.05, 0.1) is 18.2 Å². The second-order valence-corrected chi connectivity index (χ2v) is 12.2. The summed E-state index contributed by atoms with van der Waals surface area (Å²) in [6, 6.07) is 32.7. The molecule has 5 aromatic carbocycles. The number of nitrogens with one attached hydrogen (secondary N) is 2. The maximum absolute atomic E-state index is 13.1. The Morgan fingerprint density at radius 1 is 0.660 bits per heavy atom. The predicted octanol–water partition coefficient (Wildman–Crippen LogP) is 8.59. The molecule has 2 amide bonds. The van der Waals surface area contributed by atoms with E-state index in [9.17, 15) is 19.2 Å². The van der Waals surface area contributed by atoms with Gasteiger partial charge in [-0.1, -0.05) is 81.1 Å². The standard InChI is InChI=1S/C42H42N2O6/c1-3-4-5-6-9-27-49-35-25-19-33(20-26-35)42(48)50-36-23-15-30(16-24-36)28-39(29(2)45)44-40(46)32-17-21-34(22-18-32)43-41(47)38-14-10-12-31-11-7-8-13-37(31)38/h7-8,10-26,39H,3-6,9,27-28H2,1-2H3,(H,43,47)(H,44,46)/t39-/m0/s1. The molecule has 8 nitrogen and oxygen atoms in total. The van der Waals surface area contributed by atoms with Crippen LogP contribution >= 0.6 is 0 Å². The van der Waals surface area contributed by atoms with Gasteiger partial charge >= 0.3 is 5.97 Å². The van der Waals surface area contributed by atoms with Gasteiger partial charge in [0.1, 0.15) is 11.5 Å². The smallest absolute Gasteiger partial charge is 0.343 e. The molecule has 0 unspecified atom stereocenters. The summed E-state index contributed by atoms with van der Waals surface area (Å²) in [7, 11) is 0. The van der Waals surface area contributed by atoms with Crippen molar-refractivity contribution in [3.63, 3.8) is 0 Å². The van der Waals surface area contributed by atoms with Gasteiger partial charge in [0.2, 0.25) is 0 Å². The molecular formula is C42H42N2O6. The van der Waals surface area contributed by atoms with Crippen LogP contribution in [-0.4, -0.2) is 36.2 Å². The lowest BCUT2D eigenvalue weighted by Crippen LogP contribution is -2.41. The molecule has 0 saturated carbocycles. The molecule has 5 aromatic rings. The molecule has 0 saturated heterocycles. The molecule has 50 heavy (non-hydrogen) atoms. The SMILES string of the molecule is CCCCCCCOc1ccc(C(=O)Oc2ccc(C[C@H](NC(=O)c3ccc(NC(=O)c4cccc5ccccc45)cc3)C(C)=O)cc2)cc1. The van der Waals surface area contributed by atoms with Crippen LogP contribution < -0.4 is 20.1 Å². The van der Waals surface area contributed by atoms with E-state index in [4.69, 9.17) is 9.47 Å². The van der Waals surface area contributed by atoms with Gasteiger partial charge in [-0.2, -0.15) is 0 Å². The van der Waals surface area contributed by atoms with Crippen molar-refractivity contribution in [2.45, 2.75) is 58.4 Å². The van der Waals surface area contributed by atoms with E-state index in [0.717, 1.165) is 29.2 Å². The minimum Gasteiger partial charge on any atom is -0.494 e. The molecule has 0 bridgehead atoms. The molecule has 0 heterocycles. The molecule has 0 radical (unpaired) electrons. The Balaban J connectivity index is 1.11. The Labute approximate surface area is 292 Å². The molecule has 256 valence electrons. The molecule has 0 aromatic heterocycles. The third-order valence-electron chi connectivity index (χ3n) is 8.42. The van der Waals surface area contributed by atoms with Crippen molar-refractivity contribution in [3.8, 4) is 11.5 Å². The van der Waals surface area contributed by atoms with Crippen molar-refractivity contribution < 1.29 is 28.7 Å². The molecule has 0 fully saturated rings. The second-order valence-electron chi connectivity index (χ2n) is 12.2. The number of ether oxygens (including phenoxy) is 2. The first-order chi connectivity index (χ1) is 24.3. The summed E-state index contributed by atoms with van der Waals surface area (Å²) < 4.78 is 11.3. The Morgan fingerprint density at radius 2 is 1.32 bits per heavy atom. The largest absolute Gasteiger partial charge is 0.494 e. The third kappa shape index (κ3) is 9.89. The number of carbonyl (C=O) groups excluding carboxylic acids is 4. The number of esters is 1. The van der Waals surface area contributed by atoms with Gasteiger partial charge in [-0.3, -0.25) is 14.4 Å². The van der Waals surface area contributed by atoms with Crippen molar-refractivity contribution in [1.82, 2.24) is 5.32 Å². The van der Waals surface area contributed by atoms with Crippen LogP contribution in [0.5, 0.6) is 11.5 Å². The van der Waals surface area contributed by atoms with Crippen molar-refractivity contribution >= 4 is 40.0 Å². The monoisotopic (exact) mass is 670 g/mol. The van der Waals surface area contributed by atoms with Crippen LogP contribution in [-0.2, 0) is 11.2 Å². The van der Waals surface area contributed by atoms with E-state index in [1.807, 2.05) is 36.4 Å². The highest BCUT2D eigenvalue weighted by molar-refractivity contribution is 6.13. The van der Waals surface area contributed by atoms with E-state index < -0.39 is 17.9 Å². The van der Waals surface area contributed by atoms with E-state index in [-0.39, 0.29) is 18.1 Å². The molecule has 1 atom stereocenters. The molecule has 5 rings (SSSR count). The summed E-state index contributed by atoms with van der Waals surface area (Å²) >= 11 is 0. The zero-order valence-electron chi connectivity index (χ0n) is 28.4. The van der Waals surface area contributed by atoms with E-state index >= 15 is 0 Å². The van der Waals surface area contributed by atoms with Crippen molar-refractivity contribution in [3.05, 3.63) is 138 Å². The van der Waals surface area contributed by atoms with Gasteiger partial charge in [-0.15, -0.1) is 0 Å². The molecule has 0 spiro atoms. The number of Topliss-reactive ketones (excluding diaryl/α,β-unsaturated/α-hetero) is 1. The maximum Gasteiger partial charge on any atom is 0.343 e. The number of benzene rings is 5. The van der Waals surface area contributed by atoms with Gasteiger partial charge in [-0.25, -0.2) is 4.79 Å². The first kappa shape index (κ1) is 35.5. The number of fused-ring (bicyclic) bond motifs is 1. The zero-order chi connectivity index (χ0) is 35.3. The predicted molar refractivity (Wildman–Crippen MR) is 196 cm³/mol. The number of rotatable bonds is 16. The van der Waals surface area contributed by atoms with Crippen LogP contribution in [0.4, 0.5) is 5.69 Å². The second kappa shape index (κ2) is 17.6. The number of hydrogen-bond acceptors (Lipinski definition) is 6. The summed E-state index contributed by atoms with van der Waals surface area (Å²) in [5.41, 5.74) is 2.64. The van der Waals surface area contributed by atoms with E-state index in [0.29, 0.717) is 40.5 Å². The lowest BCUT2D eigenvalue weighted by molar-refractivity contribution is -0.118. The van der Waals surface area contributed by atoms with Crippen LogP contribution in [0.3, 0.4) is 0 Å². The number of amides is 2. The molecule has 2 N–H and O–H groups in total. The van der Waals surface area contributed by atoms with Crippen molar-refractivity contribution in [2.24, 2.45) is 0 Å². The number of hydrogen-bond donors (Lipinski definition) is 2. The Hall–Kier alpha value is -5.76. The lowest BCUT2D eigenvalue weighted by atomic mass is 10.0. The third-order valence-corrected chi connectivity index (χ3v) is 8.42. The molecule has 0 aliphatic rings. The van der Waals surface area contributed by atoms with E-state index in [1.165, 1.54) is 26.2 Å². The summed E-state index contributed by atoms with van der Waals surface area (Å²) in [5, 5.41) is 7.52. The normalized spacial score (nSPS) is 11.4. The van der Waals surface area contributed by atoms with Gasteiger partial charge < -0.3 is 20.1 Å². The summed E-state index contributed by atoms with van der Waals surface area (Å²) in [4.78, 5) is 51.2. The van der Waals surface area contributed by atoms with Crippen LogP contribution in [0, 0.1) is 0 Å². The maximum atomic E-state index is 13.1. The Kier molecular flexibility index (Phi) is 12.5. The topological polar surface area (TPSA) is 111 Å². The van der Waals surface area contributed by atoms with Crippen LogP contribution in [0.15, 0.2) is 115 Å². The number of carbonyl (C=O) groups is 4. The number of anilines is 1. The van der Waals surface area contributed by atoms with Gasteiger partial charge in [0.25, 0.3) is 11.8 Å². The van der Waals surface area contributed by atoms with Gasteiger partial charge in [0, 0.05) is 16.8 Å². The quantitative estimate of drug-likeness (QED) is 0.0618. The number of ketones is 1. The van der Waals surface area contributed by atoms with Gasteiger partial charge in [0.15, 0.2) is 5.78 Å². The fourth-order valence-electron chi connectivity index (χ4n) is 5.54. The Morgan fingerprint density at radius 3 is 2.04 bits per heavy atom. The first-order valence-corrected chi connectivity index (χ1v) is 17.0. The van der Waals surface area contributed by atoms with E-state index in [2.05, 4.69) is 17.6 Å². The van der Waals surface area contributed by atoms with E-state index in [1.54, 1.807) is 78.9 Å². The molecule has 8 heteroatoms. The highest BCUT2D eigenvalue weighted by atomic mass is 16.5. The molecular weight excluding hydrogens is 628 g/mol. The Bertz CT molecular complexity index is 1910. The summed E-state index contributed by atoms with van der Waals surface area (Å²) in [6.45, 7) is 4.27. The fourth-order valence-corrected chi connectivity index (χ4v) is 5.54. The molecule has 0 aliphatic heterocycles. The average molecular weight is 671 g/mol. The molecule has 0 aliphatic carbocycles. The van der Waals surface area contributed by atoms with Crippen LogP contribution in [0.25, 0.3) is 10.8 Å². The van der Waals surface area contributed by atoms with Crippen LogP contribution in [0.2, 0.25) is 0 Å².